The summed E-state index contributed by atoms with van der Waals surface area (Å²) in [5.74, 6) is 0. The lowest BCUT2D eigenvalue weighted by molar-refractivity contribution is 1.22. The molecular weight excluding hydrogens is 340 g/mol. The summed E-state index contributed by atoms with van der Waals surface area (Å²) in [4.78, 5) is 4.17. The lowest BCUT2D eigenvalue weighted by Crippen LogP contribution is -2.12. The van der Waals surface area contributed by atoms with Crippen molar-refractivity contribution in [1.29, 1.82) is 0 Å². The van der Waals surface area contributed by atoms with E-state index in [4.69, 9.17) is 0 Å². The molecule has 4 aromatic rings. The van der Waals surface area contributed by atoms with Gasteiger partial charge in [0.25, 0.3) is 0 Å². The third kappa shape index (κ3) is 3.58. The Bertz CT molecular complexity index is 1140. The fraction of sp³-hybridized carbons (Fsp3) is 0.0385. The molecule has 1 aromatic heterocycles. The van der Waals surface area contributed by atoms with Gasteiger partial charge in [0.15, 0.2) is 0 Å². The van der Waals surface area contributed by atoms with Crippen LogP contribution in [0.1, 0.15) is 23.6 Å². The van der Waals surface area contributed by atoms with Crippen molar-refractivity contribution in [2.75, 3.05) is 0 Å². The molecule has 28 heavy (non-hydrogen) atoms. The first kappa shape index (κ1) is 17.7. The summed E-state index contributed by atoms with van der Waals surface area (Å²) in [5, 5.41) is 6.04. The third-order valence-electron chi connectivity index (χ3n) is 4.94. The summed E-state index contributed by atoms with van der Waals surface area (Å²) in [6.07, 6.45) is 3.64. The second-order valence-corrected chi connectivity index (χ2v) is 6.73. The molecule has 136 valence electrons. The Labute approximate surface area is 165 Å². The lowest BCUT2D eigenvalue weighted by Gasteiger charge is -2.18. The van der Waals surface area contributed by atoms with E-state index in [2.05, 4.69) is 78.4 Å². The number of rotatable bonds is 5. The van der Waals surface area contributed by atoms with E-state index in [0.717, 1.165) is 22.5 Å². The third-order valence-corrected chi connectivity index (χ3v) is 4.94. The van der Waals surface area contributed by atoms with Gasteiger partial charge in [-0.3, -0.25) is 4.98 Å². The maximum Gasteiger partial charge on any atom is 0.0494 e. The Morgan fingerprint density at radius 1 is 0.750 bits per heavy atom. The van der Waals surface area contributed by atoms with E-state index in [1.54, 1.807) is 0 Å². The predicted octanol–water partition coefficient (Wildman–Crippen LogP) is 6.38. The molecule has 1 N–H and O–H groups in total. The molecule has 0 aliphatic heterocycles. The van der Waals surface area contributed by atoms with E-state index in [1.165, 1.54) is 21.9 Å². The molecule has 2 nitrogen and oxygen atoms in total. The second-order valence-electron chi connectivity index (χ2n) is 6.73. The Morgan fingerprint density at radius 2 is 1.43 bits per heavy atom. The molecule has 0 amide bonds. The summed E-state index contributed by atoms with van der Waals surface area (Å²) >= 11 is 0. The molecule has 0 unspecified atom stereocenters. The fourth-order valence-corrected chi connectivity index (χ4v) is 3.45. The highest BCUT2D eigenvalue weighted by molar-refractivity contribution is 6.01. The molecule has 0 radical (unpaired) electrons. The Balaban J connectivity index is 1.86. The normalized spacial score (nSPS) is 11.8. The van der Waals surface area contributed by atoms with Crippen LogP contribution in [0.5, 0.6) is 0 Å². The lowest BCUT2D eigenvalue weighted by atomic mass is 9.95. The number of nitrogens with one attached hydrogen (secondary N) is 1. The average molecular weight is 362 g/mol. The van der Waals surface area contributed by atoms with Crippen molar-refractivity contribution in [3.8, 4) is 0 Å². The smallest absolute Gasteiger partial charge is 0.0494 e. The van der Waals surface area contributed by atoms with Crippen molar-refractivity contribution in [2.24, 2.45) is 0 Å². The van der Waals surface area contributed by atoms with Crippen molar-refractivity contribution in [3.05, 3.63) is 121 Å². The zero-order valence-electron chi connectivity index (χ0n) is 15.9. The molecule has 4 rings (SSSR count). The summed E-state index contributed by atoms with van der Waals surface area (Å²) in [5.41, 5.74) is 6.43. The van der Waals surface area contributed by atoms with Crippen LogP contribution in [-0.2, 0) is 0 Å². The van der Waals surface area contributed by atoms with Crippen molar-refractivity contribution in [1.82, 2.24) is 10.3 Å². The van der Waals surface area contributed by atoms with Crippen LogP contribution in [0, 0.1) is 0 Å². The van der Waals surface area contributed by atoms with Gasteiger partial charge in [0.1, 0.15) is 0 Å². The molecule has 0 aliphatic carbocycles. The zero-order valence-corrected chi connectivity index (χ0v) is 15.9. The Hall–Kier alpha value is -3.65. The van der Waals surface area contributed by atoms with Gasteiger partial charge >= 0.3 is 0 Å². The van der Waals surface area contributed by atoms with Crippen LogP contribution in [0.2, 0.25) is 0 Å². The first-order valence-corrected chi connectivity index (χ1v) is 9.35. The second kappa shape index (κ2) is 7.93. The summed E-state index contributed by atoms with van der Waals surface area (Å²) in [6.45, 7) is 6.42. The van der Waals surface area contributed by atoms with Crippen LogP contribution < -0.4 is 5.32 Å². The van der Waals surface area contributed by atoms with Crippen molar-refractivity contribution in [3.63, 3.8) is 0 Å². The van der Waals surface area contributed by atoms with Gasteiger partial charge in [-0.2, -0.15) is 0 Å². The highest BCUT2D eigenvalue weighted by Crippen LogP contribution is 2.31. The van der Waals surface area contributed by atoms with Gasteiger partial charge in [-0.25, -0.2) is 0 Å². The van der Waals surface area contributed by atoms with E-state index < -0.39 is 0 Å². The SMILES string of the molecule is C=C(N/C(=C(\C)c1cccc2ccccc12)c1ccncc1)c1ccccc1. The minimum Gasteiger partial charge on any atom is -0.355 e. The van der Waals surface area contributed by atoms with Crippen molar-refractivity contribution >= 4 is 27.7 Å². The molecule has 0 spiro atoms. The van der Waals surface area contributed by atoms with Gasteiger partial charge in [-0.05, 0) is 46.5 Å². The molecule has 0 bridgehead atoms. The number of nitrogens with zero attached hydrogens (tertiary/aromatic N) is 1. The number of pyridine rings is 1. The molecular formula is C26H22N2. The van der Waals surface area contributed by atoms with E-state index in [1.807, 2.05) is 42.7 Å². The van der Waals surface area contributed by atoms with E-state index in [0.29, 0.717) is 0 Å². The molecule has 0 aliphatic rings. The van der Waals surface area contributed by atoms with Crippen LogP contribution in [0.25, 0.3) is 27.7 Å². The predicted molar refractivity (Wildman–Crippen MR) is 119 cm³/mol. The van der Waals surface area contributed by atoms with Crippen LogP contribution in [0.3, 0.4) is 0 Å². The standard InChI is InChI=1S/C26H22N2/c1-19(24-14-8-12-22-11-6-7-13-25(22)24)26(23-15-17-27-18-16-23)28-20(2)21-9-4-3-5-10-21/h3-18,28H,2H2,1H3/b26-19+. The molecule has 1 heterocycles. The topological polar surface area (TPSA) is 24.9 Å². The Kier molecular flexibility index (Phi) is 5.03. The number of fused-ring (bicyclic) bond motifs is 1. The van der Waals surface area contributed by atoms with Gasteiger partial charge in [0, 0.05) is 29.4 Å². The zero-order chi connectivity index (χ0) is 19.3. The molecule has 0 saturated heterocycles. The van der Waals surface area contributed by atoms with Crippen LogP contribution in [0.4, 0.5) is 0 Å². The summed E-state index contributed by atoms with van der Waals surface area (Å²) in [6, 6.07) is 29.1. The quantitative estimate of drug-likeness (QED) is 0.445. The highest BCUT2D eigenvalue weighted by atomic mass is 14.9. The van der Waals surface area contributed by atoms with Gasteiger partial charge in [0.2, 0.25) is 0 Å². The van der Waals surface area contributed by atoms with Crippen LogP contribution in [-0.4, -0.2) is 4.98 Å². The number of hydrogen-bond acceptors (Lipinski definition) is 2. The number of hydrogen-bond donors (Lipinski definition) is 1. The van der Waals surface area contributed by atoms with E-state index >= 15 is 0 Å². The number of benzene rings is 3. The van der Waals surface area contributed by atoms with Crippen LogP contribution >= 0.6 is 0 Å². The van der Waals surface area contributed by atoms with Gasteiger partial charge in [-0.1, -0.05) is 79.4 Å². The fourth-order valence-electron chi connectivity index (χ4n) is 3.45. The monoisotopic (exact) mass is 362 g/mol. The minimum atomic E-state index is 0.868. The summed E-state index contributed by atoms with van der Waals surface area (Å²) < 4.78 is 0. The first-order chi connectivity index (χ1) is 13.7. The molecule has 0 fully saturated rings. The van der Waals surface area contributed by atoms with E-state index in [-0.39, 0.29) is 0 Å². The molecule has 0 atom stereocenters. The van der Waals surface area contributed by atoms with Gasteiger partial charge in [0.05, 0.1) is 0 Å². The summed E-state index contributed by atoms with van der Waals surface area (Å²) in [7, 11) is 0. The number of allylic oxidation sites excluding steroid dienone is 1. The maximum atomic E-state index is 4.27. The maximum absolute atomic E-state index is 4.27. The average Bonchev–Trinajstić information content (AvgIpc) is 2.77. The molecule has 2 heteroatoms. The highest BCUT2D eigenvalue weighted by Gasteiger charge is 2.12. The van der Waals surface area contributed by atoms with Gasteiger partial charge < -0.3 is 5.32 Å². The molecule has 0 saturated carbocycles. The first-order valence-electron chi connectivity index (χ1n) is 9.35. The van der Waals surface area contributed by atoms with E-state index in [9.17, 15) is 0 Å². The number of aromatic nitrogens is 1. The van der Waals surface area contributed by atoms with Crippen molar-refractivity contribution in [2.45, 2.75) is 6.92 Å². The van der Waals surface area contributed by atoms with Gasteiger partial charge in [-0.15, -0.1) is 0 Å². The van der Waals surface area contributed by atoms with Crippen LogP contribution in [0.15, 0.2) is 104 Å². The molecule has 3 aromatic carbocycles. The van der Waals surface area contributed by atoms with Crippen molar-refractivity contribution < 1.29 is 0 Å². The minimum absolute atomic E-state index is 0.868. The largest absolute Gasteiger partial charge is 0.355 e. The Morgan fingerprint density at radius 3 is 2.21 bits per heavy atom.